The van der Waals surface area contributed by atoms with Gasteiger partial charge in [-0.05, 0) is 32.9 Å². The Kier molecular flexibility index (Phi) is 4.19. The van der Waals surface area contributed by atoms with Gasteiger partial charge in [0.15, 0.2) is 11.5 Å². The van der Waals surface area contributed by atoms with Gasteiger partial charge in [-0.3, -0.25) is 4.79 Å². The van der Waals surface area contributed by atoms with Crippen molar-refractivity contribution in [3.8, 4) is 0 Å². The van der Waals surface area contributed by atoms with Crippen molar-refractivity contribution >= 4 is 11.7 Å². The average Bonchev–Trinajstić information content (AvgIpc) is 2.29. The normalized spacial score (nSPS) is 10.3. The first-order valence-electron chi connectivity index (χ1n) is 5.21. The van der Waals surface area contributed by atoms with Crippen LogP contribution in [0.5, 0.6) is 0 Å². The molecule has 0 unspecified atom stereocenters. The number of hydrazine groups is 1. The highest BCUT2D eigenvalue weighted by Gasteiger charge is 2.18. The molecule has 3 N–H and O–H groups in total. The van der Waals surface area contributed by atoms with Crippen LogP contribution in [0.3, 0.4) is 0 Å². The summed E-state index contributed by atoms with van der Waals surface area (Å²) in [7, 11) is 0. The van der Waals surface area contributed by atoms with Crippen LogP contribution in [0.4, 0.5) is 5.82 Å². The van der Waals surface area contributed by atoms with Crippen LogP contribution in [0, 0.1) is 0 Å². The van der Waals surface area contributed by atoms with Crippen molar-refractivity contribution in [2.75, 3.05) is 12.0 Å². The summed E-state index contributed by atoms with van der Waals surface area (Å²) in [6.07, 6.45) is 0. The number of aromatic nitrogens is 2. The zero-order valence-electron chi connectivity index (χ0n) is 9.77. The van der Waals surface area contributed by atoms with Gasteiger partial charge < -0.3 is 10.3 Å². The van der Waals surface area contributed by atoms with E-state index in [0.717, 1.165) is 0 Å². The summed E-state index contributed by atoms with van der Waals surface area (Å²) in [6, 6.07) is 3.37. The molecule has 1 aromatic rings. The standard InChI is InChI=1S/C10H17N5O/c1-4-15(7(2)3)10(16)8-5-6-9(12-11)14-13-8/h5-7H,4,11H2,1-3H3,(H,12,14). The van der Waals surface area contributed by atoms with E-state index in [-0.39, 0.29) is 11.9 Å². The van der Waals surface area contributed by atoms with E-state index in [4.69, 9.17) is 5.84 Å². The number of carbonyl (C=O) groups is 1. The summed E-state index contributed by atoms with van der Waals surface area (Å²) < 4.78 is 0. The van der Waals surface area contributed by atoms with E-state index in [1.165, 1.54) is 0 Å². The second-order valence-corrected chi connectivity index (χ2v) is 3.63. The Morgan fingerprint density at radius 3 is 2.56 bits per heavy atom. The van der Waals surface area contributed by atoms with Crippen molar-refractivity contribution in [3.63, 3.8) is 0 Å². The molecule has 0 saturated heterocycles. The fourth-order valence-corrected chi connectivity index (χ4v) is 1.41. The lowest BCUT2D eigenvalue weighted by Gasteiger charge is -2.24. The number of nitrogens with two attached hydrogens (primary N) is 1. The molecule has 6 heteroatoms. The lowest BCUT2D eigenvalue weighted by Crippen LogP contribution is -2.37. The Hall–Kier alpha value is -1.69. The summed E-state index contributed by atoms with van der Waals surface area (Å²) in [5.41, 5.74) is 2.69. The average molecular weight is 223 g/mol. The molecule has 0 aliphatic rings. The maximum Gasteiger partial charge on any atom is 0.274 e. The van der Waals surface area contributed by atoms with E-state index in [9.17, 15) is 4.79 Å². The number of nitrogens with zero attached hydrogens (tertiary/aromatic N) is 3. The second-order valence-electron chi connectivity index (χ2n) is 3.63. The third kappa shape index (κ3) is 2.66. The molecule has 6 nitrogen and oxygen atoms in total. The van der Waals surface area contributed by atoms with E-state index in [2.05, 4.69) is 15.6 Å². The summed E-state index contributed by atoms with van der Waals surface area (Å²) >= 11 is 0. The van der Waals surface area contributed by atoms with Crippen molar-refractivity contribution in [3.05, 3.63) is 17.8 Å². The fraction of sp³-hybridized carbons (Fsp3) is 0.500. The van der Waals surface area contributed by atoms with Crippen LogP contribution in [-0.4, -0.2) is 33.6 Å². The fourth-order valence-electron chi connectivity index (χ4n) is 1.41. The highest BCUT2D eigenvalue weighted by Crippen LogP contribution is 2.07. The van der Waals surface area contributed by atoms with Crippen LogP contribution in [0.15, 0.2) is 12.1 Å². The maximum absolute atomic E-state index is 12.0. The van der Waals surface area contributed by atoms with Crippen LogP contribution in [0.25, 0.3) is 0 Å². The molecule has 1 amide bonds. The van der Waals surface area contributed by atoms with Crippen molar-refractivity contribution in [2.45, 2.75) is 26.8 Å². The van der Waals surface area contributed by atoms with Gasteiger partial charge in [0.25, 0.3) is 5.91 Å². The first kappa shape index (κ1) is 12.4. The zero-order valence-corrected chi connectivity index (χ0v) is 9.77. The number of rotatable bonds is 4. The van der Waals surface area contributed by atoms with E-state index in [1.54, 1.807) is 17.0 Å². The third-order valence-corrected chi connectivity index (χ3v) is 2.26. The first-order chi connectivity index (χ1) is 7.60. The number of amides is 1. The Balaban J connectivity index is 2.86. The predicted octanol–water partition coefficient (Wildman–Crippen LogP) is 0.633. The van der Waals surface area contributed by atoms with Gasteiger partial charge in [0.05, 0.1) is 0 Å². The molecule has 0 radical (unpaired) electrons. The number of carbonyl (C=O) groups excluding carboxylic acids is 1. The Bertz CT molecular complexity index is 349. The van der Waals surface area contributed by atoms with E-state index >= 15 is 0 Å². The summed E-state index contributed by atoms with van der Waals surface area (Å²) in [6.45, 7) is 6.51. The number of nitrogen functional groups attached to an aromatic ring is 1. The predicted molar refractivity (Wildman–Crippen MR) is 61.7 cm³/mol. The van der Waals surface area contributed by atoms with Crippen LogP contribution in [0.1, 0.15) is 31.3 Å². The van der Waals surface area contributed by atoms with E-state index in [0.29, 0.717) is 18.1 Å². The number of hydrogen-bond acceptors (Lipinski definition) is 5. The highest BCUT2D eigenvalue weighted by molar-refractivity contribution is 5.92. The SMILES string of the molecule is CCN(C(=O)c1ccc(NN)nn1)C(C)C. The molecule has 0 fully saturated rings. The van der Waals surface area contributed by atoms with E-state index in [1.807, 2.05) is 20.8 Å². The quantitative estimate of drug-likeness (QED) is 0.578. The summed E-state index contributed by atoms with van der Waals surface area (Å²) in [5, 5.41) is 7.58. The Morgan fingerprint density at radius 2 is 2.19 bits per heavy atom. The van der Waals surface area contributed by atoms with Gasteiger partial charge in [0, 0.05) is 12.6 Å². The minimum absolute atomic E-state index is 0.117. The maximum atomic E-state index is 12.0. The van der Waals surface area contributed by atoms with Crippen LogP contribution in [-0.2, 0) is 0 Å². The number of nitrogens with one attached hydrogen (secondary N) is 1. The molecule has 0 spiro atoms. The minimum atomic E-state index is -0.117. The Labute approximate surface area is 94.8 Å². The summed E-state index contributed by atoms with van der Waals surface area (Å²) in [4.78, 5) is 13.7. The topological polar surface area (TPSA) is 84.1 Å². The van der Waals surface area contributed by atoms with Crippen molar-refractivity contribution in [1.82, 2.24) is 15.1 Å². The second kappa shape index (κ2) is 5.41. The molecule has 1 aromatic heterocycles. The molecule has 1 heterocycles. The highest BCUT2D eigenvalue weighted by atomic mass is 16.2. The molecule has 1 rings (SSSR count). The minimum Gasteiger partial charge on any atom is -0.335 e. The molecule has 88 valence electrons. The molecule has 0 aliphatic carbocycles. The number of anilines is 1. The molecule has 16 heavy (non-hydrogen) atoms. The Morgan fingerprint density at radius 1 is 1.50 bits per heavy atom. The zero-order chi connectivity index (χ0) is 12.1. The monoisotopic (exact) mass is 223 g/mol. The van der Waals surface area contributed by atoms with Gasteiger partial charge in [-0.15, -0.1) is 10.2 Å². The van der Waals surface area contributed by atoms with E-state index < -0.39 is 0 Å². The van der Waals surface area contributed by atoms with Gasteiger partial charge in [-0.25, -0.2) is 5.84 Å². The molecular weight excluding hydrogens is 206 g/mol. The molecule has 0 aliphatic heterocycles. The lowest BCUT2D eigenvalue weighted by atomic mass is 10.2. The van der Waals surface area contributed by atoms with Crippen molar-refractivity contribution < 1.29 is 4.79 Å². The first-order valence-corrected chi connectivity index (χ1v) is 5.21. The van der Waals surface area contributed by atoms with Crippen molar-refractivity contribution in [1.29, 1.82) is 0 Å². The molecule has 0 atom stereocenters. The lowest BCUT2D eigenvalue weighted by molar-refractivity contribution is 0.0709. The van der Waals surface area contributed by atoms with Gasteiger partial charge in [0.1, 0.15) is 0 Å². The largest absolute Gasteiger partial charge is 0.335 e. The summed E-state index contributed by atoms with van der Waals surface area (Å²) in [5.74, 6) is 5.48. The van der Waals surface area contributed by atoms with Crippen LogP contribution < -0.4 is 11.3 Å². The van der Waals surface area contributed by atoms with Gasteiger partial charge in [-0.2, -0.15) is 0 Å². The number of hydrogen-bond donors (Lipinski definition) is 2. The molecule has 0 saturated carbocycles. The van der Waals surface area contributed by atoms with Gasteiger partial charge in [0.2, 0.25) is 0 Å². The van der Waals surface area contributed by atoms with Crippen LogP contribution >= 0.6 is 0 Å². The van der Waals surface area contributed by atoms with Crippen molar-refractivity contribution in [2.24, 2.45) is 5.84 Å². The molecule has 0 aromatic carbocycles. The smallest absolute Gasteiger partial charge is 0.274 e. The van der Waals surface area contributed by atoms with Gasteiger partial charge in [-0.1, -0.05) is 0 Å². The third-order valence-electron chi connectivity index (χ3n) is 2.26. The molecule has 0 bridgehead atoms. The van der Waals surface area contributed by atoms with Gasteiger partial charge >= 0.3 is 0 Å². The van der Waals surface area contributed by atoms with Crippen LogP contribution in [0.2, 0.25) is 0 Å². The molecular formula is C10H17N5O.